The van der Waals surface area contributed by atoms with Gasteiger partial charge in [-0.1, -0.05) is 40.9 Å². The van der Waals surface area contributed by atoms with E-state index in [1.807, 2.05) is 6.07 Å². The van der Waals surface area contributed by atoms with Crippen LogP contribution in [0, 0.1) is 17.1 Å². The first kappa shape index (κ1) is 22.0. The lowest BCUT2D eigenvalue weighted by Crippen LogP contribution is -2.22. The van der Waals surface area contributed by atoms with Gasteiger partial charge in [0.2, 0.25) is 0 Å². The fourth-order valence-electron chi connectivity index (χ4n) is 3.00. The summed E-state index contributed by atoms with van der Waals surface area (Å²) in [5.74, 6) is -1.31. The molecule has 0 aliphatic heterocycles. The highest BCUT2D eigenvalue weighted by Crippen LogP contribution is 2.35. The van der Waals surface area contributed by atoms with Crippen LogP contribution in [0.1, 0.15) is 21.7 Å². The Kier molecular flexibility index (Phi) is 6.24. The minimum atomic E-state index is -0.757. The molecule has 1 heterocycles. The molecule has 0 atom stereocenters. The van der Waals surface area contributed by atoms with Crippen LogP contribution in [0.2, 0.25) is 15.1 Å². The van der Waals surface area contributed by atoms with Crippen LogP contribution in [-0.2, 0) is 6.54 Å². The van der Waals surface area contributed by atoms with Gasteiger partial charge in [0.25, 0.3) is 5.91 Å². The number of nitrogens with zero attached hydrogens (tertiary/aromatic N) is 1. The van der Waals surface area contributed by atoms with Crippen molar-refractivity contribution in [2.24, 2.45) is 0 Å². The number of ether oxygens (including phenoxy) is 1. The average Bonchev–Trinajstić information content (AvgIpc) is 3.18. The van der Waals surface area contributed by atoms with Crippen molar-refractivity contribution in [3.63, 3.8) is 0 Å². The molecule has 3 aromatic carbocycles. The van der Waals surface area contributed by atoms with Crippen LogP contribution in [0.3, 0.4) is 0 Å². The van der Waals surface area contributed by atoms with E-state index in [4.69, 9.17) is 49.2 Å². The van der Waals surface area contributed by atoms with E-state index in [0.29, 0.717) is 16.0 Å². The number of furan rings is 1. The van der Waals surface area contributed by atoms with E-state index in [2.05, 4.69) is 5.32 Å². The Morgan fingerprint density at radius 3 is 2.66 bits per heavy atom. The Morgan fingerprint density at radius 2 is 1.88 bits per heavy atom. The second-order valence-electron chi connectivity index (χ2n) is 6.71. The maximum Gasteiger partial charge on any atom is 0.287 e. The molecule has 0 saturated heterocycles. The first-order valence-electron chi connectivity index (χ1n) is 9.17. The molecule has 160 valence electrons. The van der Waals surface area contributed by atoms with Gasteiger partial charge in [0.1, 0.15) is 11.3 Å². The Labute approximate surface area is 196 Å². The zero-order valence-corrected chi connectivity index (χ0v) is 18.4. The number of carbonyl (C=O) groups excluding carboxylic acids is 1. The van der Waals surface area contributed by atoms with E-state index in [-0.39, 0.29) is 45.0 Å². The second kappa shape index (κ2) is 9.09. The third-order valence-electron chi connectivity index (χ3n) is 4.49. The molecule has 0 spiro atoms. The average molecular weight is 490 g/mol. The lowest BCUT2D eigenvalue weighted by atomic mass is 10.2. The number of amides is 1. The van der Waals surface area contributed by atoms with Crippen molar-refractivity contribution >= 4 is 51.7 Å². The molecule has 32 heavy (non-hydrogen) atoms. The summed E-state index contributed by atoms with van der Waals surface area (Å²) in [5.41, 5.74) is 0.894. The van der Waals surface area contributed by atoms with Gasteiger partial charge < -0.3 is 14.5 Å². The van der Waals surface area contributed by atoms with Crippen molar-refractivity contribution in [2.75, 3.05) is 0 Å². The Bertz CT molecular complexity index is 1400. The number of halogens is 4. The molecule has 0 aliphatic rings. The lowest BCUT2D eigenvalue weighted by Gasteiger charge is -2.13. The number of nitriles is 1. The summed E-state index contributed by atoms with van der Waals surface area (Å²) >= 11 is 18.0. The number of benzene rings is 3. The summed E-state index contributed by atoms with van der Waals surface area (Å²) < 4.78 is 26.1. The summed E-state index contributed by atoms with van der Waals surface area (Å²) in [6, 6.07) is 15.6. The third kappa shape index (κ3) is 4.66. The molecule has 4 rings (SSSR count). The van der Waals surface area contributed by atoms with Crippen LogP contribution < -0.4 is 10.1 Å². The topological polar surface area (TPSA) is 75.3 Å². The van der Waals surface area contributed by atoms with Gasteiger partial charge in [-0.05, 0) is 48.5 Å². The van der Waals surface area contributed by atoms with Crippen LogP contribution in [0.5, 0.6) is 11.5 Å². The van der Waals surface area contributed by atoms with Crippen LogP contribution in [0.4, 0.5) is 4.39 Å². The summed E-state index contributed by atoms with van der Waals surface area (Å²) in [6.07, 6.45) is 0. The molecule has 0 fully saturated rings. The molecule has 9 heteroatoms. The van der Waals surface area contributed by atoms with Crippen LogP contribution in [0.15, 0.2) is 59.0 Å². The van der Waals surface area contributed by atoms with Gasteiger partial charge in [0.05, 0.1) is 16.7 Å². The maximum atomic E-state index is 15.1. The molecular formula is C23H12Cl3FN2O3. The normalized spacial score (nSPS) is 10.7. The van der Waals surface area contributed by atoms with Crippen molar-refractivity contribution in [1.29, 1.82) is 5.26 Å². The van der Waals surface area contributed by atoms with Crippen molar-refractivity contribution in [2.45, 2.75) is 6.54 Å². The van der Waals surface area contributed by atoms with E-state index in [1.54, 1.807) is 24.3 Å². The number of hydrogen-bond donors (Lipinski definition) is 1. The minimum Gasteiger partial charge on any atom is -0.453 e. The van der Waals surface area contributed by atoms with Gasteiger partial charge in [0.15, 0.2) is 17.3 Å². The highest BCUT2D eigenvalue weighted by atomic mass is 35.5. The molecule has 1 aromatic heterocycles. The fraction of sp³-hybridized carbons (Fsp3) is 0.0435. The molecule has 0 unspecified atom stereocenters. The monoisotopic (exact) mass is 488 g/mol. The summed E-state index contributed by atoms with van der Waals surface area (Å²) in [4.78, 5) is 12.5. The Morgan fingerprint density at radius 1 is 1.06 bits per heavy atom. The number of rotatable bonds is 5. The largest absolute Gasteiger partial charge is 0.453 e. The SMILES string of the molecule is N#Cc1cc(Cl)cc(Oc2c(Cl)ccc(CNC(=O)c3cc4cc(Cl)ccc4o3)c2F)c1. The van der Waals surface area contributed by atoms with Crippen molar-refractivity contribution in [3.8, 4) is 17.6 Å². The highest BCUT2D eigenvalue weighted by molar-refractivity contribution is 6.32. The van der Waals surface area contributed by atoms with E-state index in [1.165, 1.54) is 30.3 Å². The molecule has 0 bridgehead atoms. The summed E-state index contributed by atoms with van der Waals surface area (Å²) in [7, 11) is 0. The molecule has 0 aliphatic carbocycles. The van der Waals surface area contributed by atoms with Gasteiger partial charge in [0, 0.05) is 27.5 Å². The van der Waals surface area contributed by atoms with Gasteiger partial charge in [-0.25, -0.2) is 4.39 Å². The number of carbonyl (C=O) groups is 1. The Hall–Kier alpha value is -3.24. The summed E-state index contributed by atoms with van der Waals surface area (Å²) in [6.45, 7) is -0.144. The van der Waals surface area contributed by atoms with Crippen molar-refractivity contribution in [1.82, 2.24) is 5.32 Å². The van der Waals surface area contributed by atoms with Crippen molar-refractivity contribution < 1.29 is 18.3 Å². The van der Waals surface area contributed by atoms with Crippen LogP contribution in [0.25, 0.3) is 11.0 Å². The smallest absolute Gasteiger partial charge is 0.287 e. The predicted octanol–water partition coefficient (Wildman–Crippen LogP) is 7.13. The Balaban J connectivity index is 1.53. The van der Waals surface area contributed by atoms with Gasteiger partial charge in [-0.2, -0.15) is 5.26 Å². The van der Waals surface area contributed by atoms with Crippen LogP contribution in [-0.4, -0.2) is 5.91 Å². The van der Waals surface area contributed by atoms with Gasteiger partial charge in [-0.3, -0.25) is 4.79 Å². The second-order valence-corrected chi connectivity index (χ2v) is 7.99. The molecule has 0 radical (unpaired) electrons. The zero-order valence-electron chi connectivity index (χ0n) is 16.1. The maximum absolute atomic E-state index is 15.1. The first-order chi connectivity index (χ1) is 15.3. The number of nitrogens with one attached hydrogen (secondary N) is 1. The minimum absolute atomic E-state index is 0.0187. The lowest BCUT2D eigenvalue weighted by molar-refractivity contribution is 0.0925. The molecule has 1 N–H and O–H groups in total. The van der Waals surface area contributed by atoms with Gasteiger partial charge in [-0.15, -0.1) is 0 Å². The number of fused-ring (bicyclic) bond motifs is 1. The number of hydrogen-bond acceptors (Lipinski definition) is 4. The highest BCUT2D eigenvalue weighted by Gasteiger charge is 2.18. The van der Waals surface area contributed by atoms with E-state index in [9.17, 15) is 4.79 Å². The van der Waals surface area contributed by atoms with E-state index < -0.39 is 11.7 Å². The predicted molar refractivity (Wildman–Crippen MR) is 120 cm³/mol. The fourth-order valence-corrected chi connectivity index (χ4v) is 3.59. The van der Waals surface area contributed by atoms with E-state index in [0.717, 1.165) is 0 Å². The molecule has 5 nitrogen and oxygen atoms in total. The molecular weight excluding hydrogens is 478 g/mol. The molecule has 0 saturated carbocycles. The van der Waals surface area contributed by atoms with E-state index >= 15 is 4.39 Å². The molecule has 1 amide bonds. The molecule has 4 aromatic rings. The first-order valence-corrected chi connectivity index (χ1v) is 10.3. The van der Waals surface area contributed by atoms with Gasteiger partial charge >= 0.3 is 0 Å². The standard InChI is InChI=1S/C23H12Cl3FN2O3/c24-15-2-4-19-14(7-15)8-20(32-19)23(30)29-11-13-1-3-18(26)22(21(13)27)31-17-6-12(10-28)5-16(25)9-17/h1-9H,11H2,(H,29,30). The summed E-state index contributed by atoms with van der Waals surface area (Å²) in [5, 5.41) is 13.1. The van der Waals surface area contributed by atoms with Crippen molar-refractivity contribution in [3.05, 3.63) is 92.4 Å². The van der Waals surface area contributed by atoms with Crippen LogP contribution >= 0.6 is 34.8 Å². The zero-order chi connectivity index (χ0) is 22.8. The third-order valence-corrected chi connectivity index (χ3v) is 5.24. The quantitative estimate of drug-likeness (QED) is 0.324.